The van der Waals surface area contributed by atoms with E-state index in [0.29, 0.717) is 17.8 Å². The van der Waals surface area contributed by atoms with Gasteiger partial charge in [-0.2, -0.15) is 0 Å². The molecule has 4 nitrogen and oxygen atoms in total. The lowest BCUT2D eigenvalue weighted by atomic mass is 10.2. The highest BCUT2D eigenvalue weighted by molar-refractivity contribution is 7.19. The Hall–Kier alpha value is -1.99. The highest BCUT2D eigenvalue weighted by Crippen LogP contribution is 2.35. The Bertz CT molecular complexity index is 1140. The number of hydrogen-bond donors (Lipinski definition) is 1. The average Bonchev–Trinajstić information content (AvgIpc) is 3.23. The fourth-order valence-electron chi connectivity index (χ4n) is 3.04. The molecule has 0 bridgehead atoms. The quantitative estimate of drug-likeness (QED) is 0.480. The first kappa shape index (κ1) is 18.4. The SMILES string of the molecule is Cc1ccc(-c2csc3nc(CN(C)Cc4ccc(Cl)cc4)[nH]c(=O)c23)s1. The predicted molar refractivity (Wildman–Crippen MR) is 115 cm³/mol. The van der Waals surface area contributed by atoms with E-state index >= 15 is 0 Å². The van der Waals surface area contributed by atoms with Crippen LogP contribution in [0.2, 0.25) is 5.02 Å². The molecule has 0 aliphatic heterocycles. The number of nitrogens with one attached hydrogen (secondary N) is 1. The van der Waals surface area contributed by atoms with Crippen molar-refractivity contribution in [1.29, 1.82) is 0 Å². The molecule has 0 unspecified atom stereocenters. The summed E-state index contributed by atoms with van der Waals surface area (Å²) in [5, 5.41) is 3.44. The first-order valence-corrected chi connectivity index (χ1v) is 10.6. The van der Waals surface area contributed by atoms with Gasteiger partial charge in [-0.05, 0) is 43.8 Å². The minimum absolute atomic E-state index is 0.0720. The van der Waals surface area contributed by atoms with Crippen LogP contribution in [-0.2, 0) is 13.1 Å². The lowest BCUT2D eigenvalue weighted by molar-refractivity contribution is 0.311. The van der Waals surface area contributed by atoms with Gasteiger partial charge >= 0.3 is 0 Å². The maximum atomic E-state index is 12.7. The first-order valence-electron chi connectivity index (χ1n) is 8.50. The molecule has 0 fully saturated rings. The molecule has 138 valence electrons. The molecule has 0 saturated heterocycles. The molecule has 4 aromatic rings. The van der Waals surface area contributed by atoms with Gasteiger partial charge in [-0.15, -0.1) is 22.7 Å². The Labute approximate surface area is 170 Å². The molecule has 3 aromatic heterocycles. The van der Waals surface area contributed by atoms with Gasteiger partial charge in [0.05, 0.1) is 11.9 Å². The van der Waals surface area contributed by atoms with Crippen LogP contribution in [0.5, 0.6) is 0 Å². The van der Waals surface area contributed by atoms with E-state index < -0.39 is 0 Å². The zero-order valence-electron chi connectivity index (χ0n) is 15.0. The topological polar surface area (TPSA) is 49.0 Å². The van der Waals surface area contributed by atoms with Crippen molar-refractivity contribution in [3.63, 3.8) is 0 Å². The molecule has 0 aliphatic carbocycles. The van der Waals surface area contributed by atoms with E-state index in [9.17, 15) is 4.79 Å². The van der Waals surface area contributed by atoms with E-state index in [2.05, 4.69) is 33.9 Å². The average molecular weight is 416 g/mol. The summed E-state index contributed by atoms with van der Waals surface area (Å²) in [4.78, 5) is 25.6. The number of rotatable bonds is 5. The fraction of sp³-hybridized carbons (Fsp3) is 0.200. The molecule has 1 aromatic carbocycles. The minimum atomic E-state index is -0.0720. The normalized spacial score (nSPS) is 11.6. The number of nitrogens with zero attached hydrogens (tertiary/aromatic N) is 2. The van der Waals surface area contributed by atoms with Crippen LogP contribution in [0.15, 0.2) is 46.6 Å². The van der Waals surface area contributed by atoms with E-state index in [1.165, 1.54) is 16.2 Å². The summed E-state index contributed by atoms with van der Waals surface area (Å²) in [6, 6.07) is 11.9. The number of H-pyrrole nitrogens is 1. The maximum Gasteiger partial charge on any atom is 0.260 e. The Morgan fingerprint density at radius 1 is 1.15 bits per heavy atom. The van der Waals surface area contributed by atoms with Crippen LogP contribution in [0, 0.1) is 6.92 Å². The van der Waals surface area contributed by atoms with Gasteiger partial charge in [0.1, 0.15) is 10.7 Å². The number of fused-ring (bicyclic) bond motifs is 1. The van der Waals surface area contributed by atoms with E-state index in [0.717, 1.165) is 32.4 Å². The van der Waals surface area contributed by atoms with Gasteiger partial charge < -0.3 is 4.98 Å². The second-order valence-electron chi connectivity index (χ2n) is 6.55. The zero-order valence-corrected chi connectivity index (χ0v) is 17.3. The summed E-state index contributed by atoms with van der Waals surface area (Å²) in [7, 11) is 2.01. The molecule has 0 aliphatic rings. The number of hydrogen-bond acceptors (Lipinski definition) is 5. The monoisotopic (exact) mass is 415 g/mol. The molecule has 1 N–H and O–H groups in total. The molecule has 0 spiro atoms. The summed E-state index contributed by atoms with van der Waals surface area (Å²) in [6.45, 7) is 3.39. The Morgan fingerprint density at radius 2 is 1.93 bits per heavy atom. The Morgan fingerprint density at radius 3 is 2.63 bits per heavy atom. The summed E-state index contributed by atoms with van der Waals surface area (Å²) < 4.78 is 0. The van der Waals surface area contributed by atoms with Crippen LogP contribution in [0.1, 0.15) is 16.3 Å². The predicted octanol–water partition coefficient (Wildman–Crippen LogP) is 5.31. The molecule has 3 heterocycles. The van der Waals surface area contributed by atoms with Gasteiger partial charge in [-0.1, -0.05) is 23.7 Å². The van der Waals surface area contributed by atoms with Gasteiger partial charge in [0, 0.05) is 32.3 Å². The second-order valence-corrected chi connectivity index (χ2v) is 9.13. The number of aromatic nitrogens is 2. The lowest BCUT2D eigenvalue weighted by Gasteiger charge is -2.16. The molecule has 0 radical (unpaired) electrons. The Balaban J connectivity index is 1.58. The van der Waals surface area contributed by atoms with Crippen LogP contribution in [-0.4, -0.2) is 21.9 Å². The van der Waals surface area contributed by atoms with Crippen LogP contribution in [0.3, 0.4) is 0 Å². The van der Waals surface area contributed by atoms with Crippen molar-refractivity contribution in [2.75, 3.05) is 7.05 Å². The van der Waals surface area contributed by atoms with Crippen LogP contribution < -0.4 is 5.56 Å². The standard InChI is InChI=1S/C20H18ClN3OS2/c1-12-3-8-16(27-12)15-11-26-20-18(15)19(25)22-17(23-20)10-24(2)9-13-4-6-14(21)7-5-13/h3-8,11H,9-10H2,1-2H3,(H,22,23,25). The molecule has 4 rings (SSSR count). The molecule has 0 atom stereocenters. The third-order valence-corrected chi connectivity index (χ3v) is 6.44. The largest absolute Gasteiger partial charge is 0.309 e. The number of thiophene rings is 2. The summed E-state index contributed by atoms with van der Waals surface area (Å²) in [6.07, 6.45) is 0. The number of benzene rings is 1. The van der Waals surface area contributed by atoms with E-state index in [4.69, 9.17) is 11.6 Å². The molecular weight excluding hydrogens is 398 g/mol. The molecule has 0 saturated carbocycles. The summed E-state index contributed by atoms with van der Waals surface area (Å²) >= 11 is 9.15. The van der Waals surface area contributed by atoms with Gasteiger partial charge in [-0.3, -0.25) is 9.69 Å². The van der Waals surface area contributed by atoms with Gasteiger partial charge in [0.15, 0.2) is 0 Å². The Kier molecular flexibility index (Phi) is 5.14. The third kappa shape index (κ3) is 3.99. The molecule has 7 heteroatoms. The zero-order chi connectivity index (χ0) is 19.0. The first-order chi connectivity index (χ1) is 13.0. The van der Waals surface area contributed by atoms with Crippen LogP contribution >= 0.6 is 34.3 Å². The minimum Gasteiger partial charge on any atom is -0.309 e. The molecular formula is C20H18ClN3OS2. The summed E-state index contributed by atoms with van der Waals surface area (Å²) in [5.74, 6) is 0.680. The smallest absolute Gasteiger partial charge is 0.260 e. The van der Waals surface area contributed by atoms with Crippen LogP contribution in [0.4, 0.5) is 0 Å². The van der Waals surface area contributed by atoms with Gasteiger partial charge in [0.2, 0.25) is 0 Å². The van der Waals surface area contributed by atoms with Gasteiger partial charge in [-0.25, -0.2) is 4.98 Å². The van der Waals surface area contributed by atoms with E-state index in [-0.39, 0.29) is 5.56 Å². The van der Waals surface area contributed by atoms with Crippen molar-refractivity contribution >= 4 is 44.5 Å². The van der Waals surface area contributed by atoms with E-state index in [1.807, 2.05) is 36.7 Å². The fourth-order valence-corrected chi connectivity index (χ4v) is 5.09. The van der Waals surface area contributed by atoms with Crippen molar-refractivity contribution < 1.29 is 0 Å². The number of aryl methyl sites for hydroxylation is 1. The maximum absolute atomic E-state index is 12.7. The van der Waals surface area contributed by atoms with Crippen molar-refractivity contribution in [2.45, 2.75) is 20.0 Å². The van der Waals surface area contributed by atoms with Crippen LogP contribution in [0.25, 0.3) is 20.7 Å². The third-order valence-electron chi connectivity index (χ3n) is 4.28. The van der Waals surface area contributed by atoms with Crippen molar-refractivity contribution in [1.82, 2.24) is 14.9 Å². The van der Waals surface area contributed by atoms with Crippen molar-refractivity contribution in [3.05, 3.63) is 73.4 Å². The highest BCUT2D eigenvalue weighted by Gasteiger charge is 2.15. The summed E-state index contributed by atoms with van der Waals surface area (Å²) in [5.41, 5.74) is 2.07. The lowest BCUT2D eigenvalue weighted by Crippen LogP contribution is -2.21. The number of aromatic amines is 1. The molecule has 0 amide bonds. The highest BCUT2D eigenvalue weighted by atomic mass is 35.5. The van der Waals surface area contributed by atoms with Gasteiger partial charge in [0.25, 0.3) is 5.56 Å². The van der Waals surface area contributed by atoms with E-state index in [1.54, 1.807) is 11.3 Å². The molecule has 27 heavy (non-hydrogen) atoms. The number of halogens is 1. The van der Waals surface area contributed by atoms with Crippen molar-refractivity contribution in [3.8, 4) is 10.4 Å². The van der Waals surface area contributed by atoms with Crippen molar-refractivity contribution in [2.24, 2.45) is 0 Å². The second kappa shape index (κ2) is 7.56.